The van der Waals surface area contributed by atoms with Crippen molar-refractivity contribution in [2.75, 3.05) is 17.3 Å². The van der Waals surface area contributed by atoms with Crippen molar-refractivity contribution in [2.24, 2.45) is 0 Å². The van der Waals surface area contributed by atoms with Gasteiger partial charge in [-0.3, -0.25) is 0 Å². The molecule has 1 aliphatic heterocycles. The molecule has 0 spiro atoms. The van der Waals surface area contributed by atoms with Gasteiger partial charge in [0, 0.05) is 16.5 Å². The van der Waals surface area contributed by atoms with E-state index in [2.05, 4.69) is 47.4 Å². The lowest BCUT2D eigenvalue weighted by Crippen LogP contribution is -2.21. The summed E-state index contributed by atoms with van der Waals surface area (Å²) < 4.78 is 0. The maximum atomic E-state index is 6.01. The highest BCUT2D eigenvalue weighted by Gasteiger charge is 2.19. The van der Waals surface area contributed by atoms with E-state index < -0.39 is 0 Å². The van der Waals surface area contributed by atoms with Crippen molar-refractivity contribution in [2.45, 2.75) is 11.3 Å². The van der Waals surface area contributed by atoms with Crippen molar-refractivity contribution in [1.82, 2.24) is 0 Å². The lowest BCUT2D eigenvalue weighted by molar-refractivity contribution is 0.866. The Morgan fingerprint density at radius 3 is 2.78 bits per heavy atom. The van der Waals surface area contributed by atoms with Crippen molar-refractivity contribution in [3.8, 4) is 0 Å². The average Bonchev–Trinajstić information content (AvgIpc) is 2.80. The number of thioether (sulfide) groups is 1. The molecule has 0 saturated heterocycles. The second-order valence-corrected chi connectivity index (χ2v) is 5.81. The predicted molar refractivity (Wildman–Crippen MR) is 79.7 cm³/mol. The van der Waals surface area contributed by atoms with E-state index in [0.29, 0.717) is 0 Å². The summed E-state index contributed by atoms with van der Waals surface area (Å²) in [5.74, 6) is 1.03. The summed E-state index contributed by atoms with van der Waals surface area (Å²) in [6.45, 7) is 1.06. The number of hydrogen-bond donors (Lipinski definition) is 0. The van der Waals surface area contributed by atoms with Crippen LogP contribution in [0.15, 0.2) is 53.4 Å². The molecule has 1 aliphatic rings. The lowest BCUT2D eigenvalue weighted by Gasteiger charge is -2.18. The molecule has 0 aromatic heterocycles. The van der Waals surface area contributed by atoms with Gasteiger partial charge >= 0.3 is 0 Å². The Hall–Kier alpha value is -1.12. The van der Waals surface area contributed by atoms with E-state index in [-0.39, 0.29) is 0 Å². The number of fused-ring (bicyclic) bond motifs is 1. The summed E-state index contributed by atoms with van der Waals surface area (Å²) in [7, 11) is 0. The molecule has 1 nitrogen and oxygen atoms in total. The van der Waals surface area contributed by atoms with Gasteiger partial charge in [-0.1, -0.05) is 41.9 Å². The van der Waals surface area contributed by atoms with Crippen LogP contribution in [0.2, 0.25) is 5.02 Å². The number of hydrogen-bond acceptors (Lipinski definition) is 2. The Morgan fingerprint density at radius 2 is 1.94 bits per heavy atom. The Morgan fingerprint density at radius 1 is 1.11 bits per heavy atom. The van der Waals surface area contributed by atoms with Crippen LogP contribution < -0.4 is 4.90 Å². The van der Waals surface area contributed by atoms with Crippen LogP contribution in [-0.4, -0.2) is 12.4 Å². The molecule has 92 valence electrons. The van der Waals surface area contributed by atoms with Crippen LogP contribution in [0.1, 0.15) is 5.56 Å². The largest absolute Gasteiger partial charge is 0.361 e. The van der Waals surface area contributed by atoms with E-state index in [1.807, 2.05) is 17.8 Å². The SMILES string of the molecule is Clc1ccc2c(c1)SCN2CCc1ccccc1. The Labute approximate surface area is 117 Å². The molecule has 18 heavy (non-hydrogen) atoms. The molecule has 0 N–H and O–H groups in total. The van der Waals surface area contributed by atoms with Gasteiger partial charge < -0.3 is 4.90 Å². The third-order valence-corrected chi connectivity index (χ3v) is 4.47. The Balaban J connectivity index is 1.70. The smallest absolute Gasteiger partial charge is 0.0687 e. The number of rotatable bonds is 3. The highest BCUT2D eigenvalue weighted by molar-refractivity contribution is 7.99. The third-order valence-electron chi connectivity index (χ3n) is 3.15. The summed E-state index contributed by atoms with van der Waals surface area (Å²) in [5, 5.41) is 0.825. The van der Waals surface area contributed by atoms with Crippen molar-refractivity contribution in [3.63, 3.8) is 0 Å². The zero-order chi connectivity index (χ0) is 12.4. The summed E-state index contributed by atoms with van der Waals surface area (Å²) in [4.78, 5) is 3.72. The molecular formula is C15H14ClNS. The van der Waals surface area contributed by atoms with Crippen molar-refractivity contribution >= 4 is 29.1 Å². The number of nitrogens with zero attached hydrogens (tertiary/aromatic N) is 1. The molecular weight excluding hydrogens is 262 g/mol. The first-order chi connectivity index (χ1) is 8.83. The van der Waals surface area contributed by atoms with Gasteiger partial charge in [0.2, 0.25) is 0 Å². The molecule has 0 amide bonds. The fraction of sp³-hybridized carbons (Fsp3) is 0.200. The topological polar surface area (TPSA) is 3.24 Å². The lowest BCUT2D eigenvalue weighted by atomic mass is 10.1. The molecule has 1 heterocycles. The third kappa shape index (κ3) is 2.50. The molecule has 0 saturated carbocycles. The van der Waals surface area contributed by atoms with E-state index in [1.54, 1.807) is 0 Å². The molecule has 0 atom stereocenters. The van der Waals surface area contributed by atoms with Crippen LogP contribution >= 0.6 is 23.4 Å². The first kappa shape index (κ1) is 11.9. The zero-order valence-electron chi connectivity index (χ0n) is 9.97. The molecule has 2 aromatic rings. The monoisotopic (exact) mass is 275 g/mol. The van der Waals surface area contributed by atoms with Crippen LogP contribution in [0.5, 0.6) is 0 Å². The highest BCUT2D eigenvalue weighted by Crippen LogP contribution is 2.39. The van der Waals surface area contributed by atoms with Crippen molar-refractivity contribution < 1.29 is 0 Å². The summed E-state index contributed by atoms with van der Waals surface area (Å²) in [5.41, 5.74) is 2.71. The quantitative estimate of drug-likeness (QED) is 0.814. The van der Waals surface area contributed by atoms with Gasteiger partial charge in [-0.25, -0.2) is 0 Å². The van der Waals surface area contributed by atoms with E-state index in [0.717, 1.165) is 23.9 Å². The van der Waals surface area contributed by atoms with Gasteiger partial charge in [-0.05, 0) is 30.2 Å². The van der Waals surface area contributed by atoms with Gasteiger partial charge in [-0.2, -0.15) is 0 Å². The van der Waals surface area contributed by atoms with Crippen LogP contribution in [0.4, 0.5) is 5.69 Å². The number of benzene rings is 2. The van der Waals surface area contributed by atoms with Gasteiger partial charge in [0.05, 0.1) is 11.6 Å². The summed E-state index contributed by atoms with van der Waals surface area (Å²) >= 11 is 7.88. The van der Waals surface area contributed by atoms with E-state index >= 15 is 0 Å². The van der Waals surface area contributed by atoms with Crippen molar-refractivity contribution in [3.05, 3.63) is 59.1 Å². The molecule has 0 fully saturated rings. The van der Waals surface area contributed by atoms with E-state index in [9.17, 15) is 0 Å². The van der Waals surface area contributed by atoms with E-state index in [1.165, 1.54) is 16.1 Å². The number of halogens is 1. The fourth-order valence-corrected chi connectivity index (χ4v) is 3.53. The first-order valence-electron chi connectivity index (χ1n) is 6.04. The number of anilines is 1. The second-order valence-electron chi connectivity index (χ2n) is 4.38. The van der Waals surface area contributed by atoms with Crippen LogP contribution in [-0.2, 0) is 6.42 Å². The molecule has 0 radical (unpaired) electrons. The molecule has 2 aromatic carbocycles. The molecule has 0 bridgehead atoms. The van der Waals surface area contributed by atoms with Crippen molar-refractivity contribution in [1.29, 1.82) is 0 Å². The molecule has 0 unspecified atom stereocenters. The Kier molecular flexibility index (Phi) is 3.48. The predicted octanol–water partition coefficient (Wildman–Crippen LogP) is 4.45. The molecule has 3 rings (SSSR count). The summed E-state index contributed by atoms with van der Waals surface area (Å²) in [6, 6.07) is 16.8. The zero-order valence-corrected chi connectivity index (χ0v) is 11.5. The fourth-order valence-electron chi connectivity index (χ4n) is 2.18. The second kappa shape index (κ2) is 5.25. The highest BCUT2D eigenvalue weighted by atomic mass is 35.5. The van der Waals surface area contributed by atoms with Gasteiger partial charge in [-0.15, -0.1) is 11.8 Å². The normalized spacial score (nSPS) is 13.7. The van der Waals surface area contributed by atoms with Crippen LogP contribution in [0.25, 0.3) is 0 Å². The van der Waals surface area contributed by atoms with Gasteiger partial charge in [0.15, 0.2) is 0 Å². The van der Waals surface area contributed by atoms with Gasteiger partial charge in [0.1, 0.15) is 0 Å². The minimum atomic E-state index is 0.825. The maximum Gasteiger partial charge on any atom is 0.0687 e. The minimum Gasteiger partial charge on any atom is -0.361 e. The minimum absolute atomic E-state index is 0.825. The van der Waals surface area contributed by atoms with Crippen LogP contribution in [0, 0.1) is 0 Å². The first-order valence-corrected chi connectivity index (χ1v) is 7.40. The average molecular weight is 276 g/mol. The maximum absolute atomic E-state index is 6.01. The van der Waals surface area contributed by atoms with Crippen LogP contribution in [0.3, 0.4) is 0 Å². The van der Waals surface area contributed by atoms with E-state index in [4.69, 9.17) is 11.6 Å². The Bertz CT molecular complexity index is 541. The summed E-state index contributed by atoms with van der Waals surface area (Å²) in [6.07, 6.45) is 1.09. The standard InChI is InChI=1S/C15H14ClNS/c16-13-6-7-14-15(10-13)18-11-17(14)9-8-12-4-2-1-3-5-12/h1-7,10H,8-9,11H2. The molecule has 0 aliphatic carbocycles. The molecule has 3 heteroatoms. The van der Waals surface area contributed by atoms with Gasteiger partial charge in [0.25, 0.3) is 0 Å².